The average Bonchev–Trinajstić information content (AvgIpc) is 2.81. The summed E-state index contributed by atoms with van der Waals surface area (Å²) in [6.07, 6.45) is 1.13. The van der Waals surface area contributed by atoms with Gasteiger partial charge in [0.1, 0.15) is 0 Å². The molecule has 0 saturated carbocycles. The Morgan fingerprint density at radius 2 is 2.22 bits per heavy atom. The minimum absolute atomic E-state index is 0.393. The summed E-state index contributed by atoms with van der Waals surface area (Å²) in [5, 5.41) is 4.33. The monoisotopic (exact) mass is 268 g/mol. The topological polar surface area (TPSA) is 24.5 Å². The van der Waals surface area contributed by atoms with Crippen LogP contribution < -0.4 is 10.2 Å². The highest BCUT2D eigenvalue weighted by Crippen LogP contribution is 2.30. The Bertz CT molecular complexity index is 403. The summed E-state index contributed by atoms with van der Waals surface area (Å²) < 4.78 is 5.44. The van der Waals surface area contributed by atoms with E-state index in [1.54, 1.807) is 0 Å². The van der Waals surface area contributed by atoms with Crippen molar-refractivity contribution >= 4 is 23.0 Å². The van der Waals surface area contributed by atoms with Gasteiger partial charge >= 0.3 is 0 Å². The van der Waals surface area contributed by atoms with Crippen molar-refractivity contribution in [3.05, 3.63) is 23.2 Å². The lowest BCUT2D eigenvalue weighted by atomic mass is 10.0. The first-order valence-electron chi connectivity index (χ1n) is 6.39. The molecule has 0 bridgehead atoms. The molecule has 1 heterocycles. The SMILES string of the molecule is CC(Nc1cc(Cl)ccc1N(C)C)C1CCOC1. The maximum atomic E-state index is 6.08. The van der Waals surface area contributed by atoms with E-state index >= 15 is 0 Å². The van der Waals surface area contributed by atoms with Crippen molar-refractivity contribution in [1.82, 2.24) is 0 Å². The lowest BCUT2D eigenvalue weighted by Crippen LogP contribution is -2.27. The number of hydrogen-bond donors (Lipinski definition) is 1. The highest BCUT2D eigenvalue weighted by molar-refractivity contribution is 6.31. The molecule has 0 amide bonds. The molecule has 100 valence electrons. The van der Waals surface area contributed by atoms with Crippen LogP contribution in [0.15, 0.2) is 18.2 Å². The molecule has 0 aliphatic carbocycles. The molecule has 0 aromatic heterocycles. The van der Waals surface area contributed by atoms with Crippen LogP contribution in [0.3, 0.4) is 0 Å². The molecular weight excluding hydrogens is 248 g/mol. The van der Waals surface area contributed by atoms with Gasteiger partial charge in [0, 0.05) is 37.7 Å². The van der Waals surface area contributed by atoms with Gasteiger partial charge in [-0.2, -0.15) is 0 Å². The average molecular weight is 269 g/mol. The zero-order chi connectivity index (χ0) is 13.1. The van der Waals surface area contributed by atoms with E-state index in [2.05, 4.69) is 17.1 Å². The second-order valence-electron chi connectivity index (χ2n) is 5.11. The molecule has 2 rings (SSSR count). The second kappa shape index (κ2) is 5.81. The molecule has 2 atom stereocenters. The summed E-state index contributed by atoms with van der Waals surface area (Å²) in [5.41, 5.74) is 2.25. The Balaban J connectivity index is 2.13. The van der Waals surface area contributed by atoms with Gasteiger partial charge in [0.2, 0.25) is 0 Å². The van der Waals surface area contributed by atoms with Crippen LogP contribution in [0.25, 0.3) is 0 Å². The second-order valence-corrected chi connectivity index (χ2v) is 5.55. The van der Waals surface area contributed by atoms with Crippen LogP contribution >= 0.6 is 11.6 Å². The lowest BCUT2D eigenvalue weighted by molar-refractivity contribution is 0.183. The number of benzene rings is 1. The first-order valence-corrected chi connectivity index (χ1v) is 6.77. The van der Waals surface area contributed by atoms with Gasteiger partial charge in [-0.05, 0) is 31.5 Å². The third-order valence-electron chi connectivity index (χ3n) is 3.50. The van der Waals surface area contributed by atoms with Crippen molar-refractivity contribution in [2.75, 3.05) is 37.5 Å². The van der Waals surface area contributed by atoms with Gasteiger partial charge in [0.15, 0.2) is 0 Å². The molecule has 4 heteroatoms. The molecule has 1 fully saturated rings. The first-order chi connectivity index (χ1) is 8.58. The predicted molar refractivity (Wildman–Crippen MR) is 77.8 cm³/mol. The zero-order valence-corrected chi connectivity index (χ0v) is 12.0. The van der Waals surface area contributed by atoms with Crippen molar-refractivity contribution < 1.29 is 4.74 Å². The van der Waals surface area contributed by atoms with Gasteiger partial charge in [0.25, 0.3) is 0 Å². The number of ether oxygens (including phenoxy) is 1. The molecular formula is C14H21ClN2O. The van der Waals surface area contributed by atoms with E-state index < -0.39 is 0 Å². The van der Waals surface area contributed by atoms with E-state index in [0.717, 1.165) is 36.0 Å². The van der Waals surface area contributed by atoms with Crippen molar-refractivity contribution in [3.63, 3.8) is 0 Å². The summed E-state index contributed by atoms with van der Waals surface area (Å²) in [5.74, 6) is 0.582. The van der Waals surface area contributed by atoms with E-state index in [-0.39, 0.29) is 0 Å². The Kier molecular flexibility index (Phi) is 4.36. The Labute approximate surface area is 114 Å². The summed E-state index contributed by atoms with van der Waals surface area (Å²) >= 11 is 6.08. The number of nitrogens with zero attached hydrogens (tertiary/aromatic N) is 1. The van der Waals surface area contributed by atoms with E-state index in [1.165, 1.54) is 0 Å². The highest BCUT2D eigenvalue weighted by atomic mass is 35.5. The van der Waals surface area contributed by atoms with Crippen LogP contribution in [0.1, 0.15) is 13.3 Å². The third kappa shape index (κ3) is 3.09. The summed E-state index contributed by atoms with van der Waals surface area (Å²) in [4.78, 5) is 2.09. The Morgan fingerprint density at radius 3 is 2.83 bits per heavy atom. The van der Waals surface area contributed by atoms with E-state index in [0.29, 0.717) is 12.0 Å². The highest BCUT2D eigenvalue weighted by Gasteiger charge is 2.22. The summed E-state index contributed by atoms with van der Waals surface area (Å²) in [7, 11) is 4.08. The van der Waals surface area contributed by atoms with Crippen LogP contribution in [0.2, 0.25) is 5.02 Å². The van der Waals surface area contributed by atoms with Gasteiger partial charge < -0.3 is 15.0 Å². The number of hydrogen-bond acceptors (Lipinski definition) is 3. The minimum atomic E-state index is 0.393. The van der Waals surface area contributed by atoms with Gasteiger partial charge in [-0.1, -0.05) is 11.6 Å². The zero-order valence-electron chi connectivity index (χ0n) is 11.2. The van der Waals surface area contributed by atoms with E-state index in [9.17, 15) is 0 Å². The molecule has 1 aromatic rings. The molecule has 1 aromatic carbocycles. The molecule has 1 aliphatic rings. The van der Waals surface area contributed by atoms with Crippen LogP contribution in [0.4, 0.5) is 11.4 Å². The van der Waals surface area contributed by atoms with Crippen molar-refractivity contribution in [2.45, 2.75) is 19.4 Å². The van der Waals surface area contributed by atoms with Gasteiger partial charge in [-0.3, -0.25) is 0 Å². The van der Waals surface area contributed by atoms with Crippen molar-refractivity contribution in [2.24, 2.45) is 5.92 Å². The molecule has 0 spiro atoms. The fourth-order valence-corrected chi connectivity index (χ4v) is 2.50. The minimum Gasteiger partial charge on any atom is -0.381 e. The van der Waals surface area contributed by atoms with Crippen LogP contribution in [0, 0.1) is 5.92 Å². The van der Waals surface area contributed by atoms with E-state index in [1.807, 2.05) is 32.3 Å². The number of halogens is 1. The van der Waals surface area contributed by atoms with Crippen LogP contribution in [-0.2, 0) is 4.74 Å². The molecule has 1 saturated heterocycles. The fourth-order valence-electron chi connectivity index (χ4n) is 2.32. The van der Waals surface area contributed by atoms with Crippen LogP contribution in [0.5, 0.6) is 0 Å². The number of rotatable bonds is 4. The normalized spacial score (nSPS) is 20.8. The first kappa shape index (κ1) is 13.5. The maximum Gasteiger partial charge on any atom is 0.0597 e. The smallest absolute Gasteiger partial charge is 0.0597 e. The predicted octanol–water partition coefficient (Wildman–Crippen LogP) is 3.24. The molecule has 1 aliphatic heterocycles. The molecule has 0 radical (unpaired) electrons. The third-order valence-corrected chi connectivity index (χ3v) is 3.73. The Hall–Kier alpha value is -0.930. The van der Waals surface area contributed by atoms with Gasteiger partial charge in [-0.15, -0.1) is 0 Å². The van der Waals surface area contributed by atoms with Crippen molar-refractivity contribution in [3.8, 4) is 0 Å². The summed E-state index contributed by atoms with van der Waals surface area (Å²) in [6, 6.07) is 6.35. The lowest BCUT2D eigenvalue weighted by Gasteiger charge is -2.25. The Morgan fingerprint density at radius 1 is 1.44 bits per heavy atom. The number of nitrogens with one attached hydrogen (secondary N) is 1. The van der Waals surface area contributed by atoms with Gasteiger partial charge in [-0.25, -0.2) is 0 Å². The standard InChI is InChI=1S/C14H21ClN2O/c1-10(11-6-7-18-9-11)16-13-8-12(15)4-5-14(13)17(2)3/h4-5,8,10-11,16H,6-7,9H2,1-3H3. The van der Waals surface area contributed by atoms with Crippen LogP contribution in [-0.4, -0.2) is 33.4 Å². The number of anilines is 2. The largest absolute Gasteiger partial charge is 0.381 e. The van der Waals surface area contributed by atoms with Gasteiger partial charge in [0.05, 0.1) is 18.0 Å². The molecule has 2 unspecified atom stereocenters. The quantitative estimate of drug-likeness (QED) is 0.907. The van der Waals surface area contributed by atoms with E-state index in [4.69, 9.17) is 16.3 Å². The van der Waals surface area contributed by atoms with Crippen molar-refractivity contribution in [1.29, 1.82) is 0 Å². The molecule has 1 N–H and O–H groups in total. The molecule has 3 nitrogen and oxygen atoms in total. The summed E-state index contributed by atoms with van der Waals surface area (Å²) in [6.45, 7) is 3.94. The molecule has 18 heavy (non-hydrogen) atoms. The maximum absolute atomic E-state index is 6.08. The fraction of sp³-hybridized carbons (Fsp3) is 0.571.